The molecule has 3 aromatic carbocycles. The lowest BCUT2D eigenvalue weighted by Crippen LogP contribution is -2.55. The maximum atomic E-state index is 13.6. The van der Waals surface area contributed by atoms with Crippen molar-refractivity contribution in [2.75, 3.05) is 11.9 Å². The quantitative estimate of drug-likeness (QED) is 0.322. The zero-order valence-corrected chi connectivity index (χ0v) is 21.7. The smallest absolute Gasteiger partial charge is 0.269 e. The van der Waals surface area contributed by atoms with E-state index in [9.17, 15) is 25.0 Å². The third-order valence-corrected chi connectivity index (χ3v) is 8.60. The number of anilines is 1. The van der Waals surface area contributed by atoms with Crippen molar-refractivity contribution in [3.63, 3.8) is 0 Å². The van der Waals surface area contributed by atoms with Crippen LogP contribution in [0.3, 0.4) is 0 Å². The van der Waals surface area contributed by atoms with Crippen LogP contribution >= 0.6 is 15.9 Å². The Balaban J connectivity index is 1.33. The number of hydrogen-bond acceptors (Lipinski definition) is 7. The lowest BCUT2D eigenvalue weighted by Gasteiger charge is -2.32. The van der Waals surface area contributed by atoms with Gasteiger partial charge < -0.3 is 10.1 Å². The molecule has 3 heterocycles. The SMILES string of the molecule is O=C1Nc2ccccc2[C@]12[C@H]([N+](=O)[O-])[C@H](c1ccc(OCc3ccc([N+](=O)[O-])cc3)c(Br)c1)[C@H]1CCCN12. The second kappa shape index (κ2) is 9.17. The maximum absolute atomic E-state index is 13.6. The fourth-order valence-electron chi connectivity index (χ4n) is 6.49. The molecule has 194 valence electrons. The predicted octanol–water partition coefficient (Wildman–Crippen LogP) is 4.99. The van der Waals surface area contributed by atoms with Gasteiger partial charge in [0.1, 0.15) is 12.4 Å². The topological polar surface area (TPSA) is 128 Å². The van der Waals surface area contributed by atoms with Crippen molar-refractivity contribution >= 4 is 33.2 Å². The molecular weight excluding hydrogens is 556 g/mol. The maximum Gasteiger partial charge on any atom is 0.269 e. The largest absolute Gasteiger partial charge is 0.488 e. The highest BCUT2D eigenvalue weighted by molar-refractivity contribution is 9.10. The summed E-state index contributed by atoms with van der Waals surface area (Å²) in [6.07, 6.45) is 1.63. The van der Waals surface area contributed by atoms with E-state index in [0.717, 1.165) is 24.0 Å². The molecule has 2 fully saturated rings. The van der Waals surface area contributed by atoms with Crippen molar-refractivity contribution in [1.29, 1.82) is 0 Å². The number of nitrogens with one attached hydrogen (secondary N) is 1. The van der Waals surface area contributed by atoms with Gasteiger partial charge in [-0.15, -0.1) is 0 Å². The Bertz CT molecular complexity index is 1460. The summed E-state index contributed by atoms with van der Waals surface area (Å²) in [7, 11) is 0. The highest BCUT2D eigenvalue weighted by Gasteiger charge is 2.73. The number of halogens is 1. The Morgan fingerprint density at radius 1 is 1.08 bits per heavy atom. The minimum atomic E-state index is -1.36. The van der Waals surface area contributed by atoms with Crippen LogP contribution in [-0.4, -0.2) is 39.3 Å². The summed E-state index contributed by atoms with van der Waals surface area (Å²) in [6, 6.07) is 17.5. The van der Waals surface area contributed by atoms with Crippen LogP contribution in [0, 0.1) is 20.2 Å². The lowest BCUT2D eigenvalue weighted by molar-refractivity contribution is -0.534. The van der Waals surface area contributed by atoms with E-state index in [4.69, 9.17) is 4.74 Å². The van der Waals surface area contributed by atoms with E-state index in [2.05, 4.69) is 26.1 Å². The van der Waals surface area contributed by atoms with Gasteiger partial charge in [0.05, 0.1) is 15.3 Å². The number of carbonyl (C=O) groups is 1. The molecule has 0 unspecified atom stereocenters. The van der Waals surface area contributed by atoms with E-state index in [-0.39, 0.29) is 29.2 Å². The first-order valence-corrected chi connectivity index (χ1v) is 13.1. The van der Waals surface area contributed by atoms with Gasteiger partial charge in [0.25, 0.3) is 17.6 Å². The normalized spacial score (nSPS) is 25.7. The molecule has 3 aliphatic heterocycles. The molecule has 4 atom stereocenters. The van der Waals surface area contributed by atoms with E-state index in [1.165, 1.54) is 12.1 Å². The number of rotatable bonds is 6. The molecule has 0 aliphatic carbocycles. The molecule has 1 N–H and O–H groups in total. The molecule has 0 radical (unpaired) electrons. The molecule has 10 nitrogen and oxygen atoms in total. The molecule has 2 saturated heterocycles. The van der Waals surface area contributed by atoms with Gasteiger partial charge in [-0.1, -0.05) is 24.3 Å². The van der Waals surface area contributed by atoms with Crippen LogP contribution in [0.1, 0.15) is 35.4 Å². The van der Waals surface area contributed by atoms with E-state index in [1.54, 1.807) is 24.3 Å². The number of nitrogens with zero attached hydrogens (tertiary/aromatic N) is 3. The zero-order valence-electron chi connectivity index (χ0n) is 20.1. The van der Waals surface area contributed by atoms with Gasteiger partial charge in [0.2, 0.25) is 0 Å². The Labute approximate surface area is 226 Å². The molecule has 0 bridgehead atoms. The number of nitro benzene ring substituents is 1. The highest BCUT2D eigenvalue weighted by atomic mass is 79.9. The van der Waals surface area contributed by atoms with Gasteiger partial charge in [0.15, 0.2) is 5.54 Å². The van der Waals surface area contributed by atoms with Gasteiger partial charge in [-0.25, -0.2) is 0 Å². The first-order valence-electron chi connectivity index (χ1n) is 12.3. The third-order valence-electron chi connectivity index (χ3n) is 7.98. The Kier molecular flexibility index (Phi) is 5.92. The molecule has 3 aliphatic rings. The second-order valence-electron chi connectivity index (χ2n) is 9.83. The van der Waals surface area contributed by atoms with Gasteiger partial charge in [-0.2, -0.15) is 0 Å². The minimum Gasteiger partial charge on any atom is -0.488 e. The van der Waals surface area contributed by atoms with Gasteiger partial charge in [0, 0.05) is 40.9 Å². The van der Waals surface area contributed by atoms with Crippen molar-refractivity contribution in [2.45, 2.75) is 43.0 Å². The van der Waals surface area contributed by atoms with Crippen LogP contribution in [0.25, 0.3) is 0 Å². The first-order chi connectivity index (χ1) is 18.3. The summed E-state index contributed by atoms with van der Waals surface area (Å²) in [5.74, 6) is -0.286. The number of amides is 1. The standard InChI is InChI=1S/C27H23BrN4O6/c28-20-14-17(9-12-23(20)38-15-16-7-10-18(11-8-16)31(34)35)24-22-6-3-13-30(22)27(25(24)32(36)37)19-4-1-2-5-21(19)29-26(27)33/h1-2,4-5,7-12,14,22,24-25H,3,6,13,15H2,(H,29,33)/t22-,24-,25-,27+/m1/s1. The summed E-state index contributed by atoms with van der Waals surface area (Å²) >= 11 is 3.56. The van der Waals surface area contributed by atoms with Gasteiger partial charge in [-0.05, 0) is 70.2 Å². The number of para-hydroxylation sites is 1. The van der Waals surface area contributed by atoms with Crippen LogP contribution in [-0.2, 0) is 16.9 Å². The second-order valence-corrected chi connectivity index (χ2v) is 10.7. The Morgan fingerprint density at radius 3 is 2.55 bits per heavy atom. The fraction of sp³-hybridized carbons (Fsp3) is 0.296. The van der Waals surface area contributed by atoms with Crippen molar-refractivity contribution in [2.24, 2.45) is 0 Å². The Hall–Kier alpha value is -3.83. The summed E-state index contributed by atoms with van der Waals surface area (Å²) < 4.78 is 6.57. The third kappa shape index (κ3) is 3.60. The monoisotopic (exact) mass is 578 g/mol. The Morgan fingerprint density at radius 2 is 1.84 bits per heavy atom. The van der Waals surface area contributed by atoms with Crippen molar-refractivity contribution in [1.82, 2.24) is 4.90 Å². The van der Waals surface area contributed by atoms with Crippen molar-refractivity contribution in [3.05, 3.63) is 108 Å². The first kappa shape index (κ1) is 24.5. The van der Waals surface area contributed by atoms with Crippen LogP contribution in [0.2, 0.25) is 0 Å². The summed E-state index contributed by atoms with van der Waals surface area (Å²) in [4.78, 5) is 38.5. The molecule has 0 saturated carbocycles. The zero-order chi connectivity index (χ0) is 26.6. The van der Waals surface area contributed by atoms with E-state index >= 15 is 0 Å². The number of carbonyl (C=O) groups excluding carboxylic acids is 1. The predicted molar refractivity (Wildman–Crippen MR) is 142 cm³/mol. The fourth-order valence-corrected chi connectivity index (χ4v) is 7.00. The lowest BCUT2D eigenvalue weighted by atomic mass is 9.77. The van der Waals surface area contributed by atoms with Gasteiger partial charge >= 0.3 is 0 Å². The average molecular weight is 579 g/mol. The molecule has 1 amide bonds. The molecule has 1 spiro atoms. The molecule has 3 aromatic rings. The summed E-state index contributed by atoms with van der Waals surface area (Å²) in [5.41, 5.74) is 1.49. The molecule has 38 heavy (non-hydrogen) atoms. The van der Waals surface area contributed by atoms with E-state index < -0.39 is 22.4 Å². The summed E-state index contributed by atoms with van der Waals surface area (Å²) in [6.45, 7) is 0.818. The van der Waals surface area contributed by atoms with Crippen molar-refractivity contribution < 1.29 is 19.4 Å². The number of benzene rings is 3. The molecule has 6 rings (SSSR count). The van der Waals surface area contributed by atoms with Crippen LogP contribution < -0.4 is 10.1 Å². The highest BCUT2D eigenvalue weighted by Crippen LogP contribution is 2.58. The van der Waals surface area contributed by atoms with Crippen LogP contribution in [0.15, 0.2) is 71.2 Å². The number of ether oxygens (including phenoxy) is 1. The summed E-state index contributed by atoms with van der Waals surface area (Å²) in [5, 5.41) is 26.5. The molecular formula is C27H23BrN4O6. The van der Waals surface area contributed by atoms with E-state index in [0.29, 0.717) is 28.0 Å². The van der Waals surface area contributed by atoms with Crippen LogP contribution in [0.4, 0.5) is 11.4 Å². The number of fused-ring (bicyclic) bond motifs is 4. The molecule has 11 heteroatoms. The number of nitro groups is 2. The van der Waals surface area contributed by atoms with Crippen LogP contribution in [0.5, 0.6) is 5.75 Å². The minimum absolute atomic E-state index is 0.00786. The number of non-ortho nitro benzene ring substituents is 1. The van der Waals surface area contributed by atoms with Gasteiger partial charge in [-0.3, -0.25) is 29.9 Å². The van der Waals surface area contributed by atoms with Crippen molar-refractivity contribution in [3.8, 4) is 5.75 Å². The number of hydrogen-bond donors (Lipinski definition) is 1. The average Bonchev–Trinajstić information content (AvgIpc) is 3.56. The molecule has 0 aromatic heterocycles. The van der Waals surface area contributed by atoms with E-state index in [1.807, 2.05) is 30.3 Å².